The molecule has 0 aliphatic rings. The molecule has 0 aliphatic carbocycles. The molecule has 6 heteroatoms. The van der Waals surface area contributed by atoms with E-state index in [4.69, 9.17) is 5.73 Å². The molecule has 0 aliphatic heterocycles. The fraction of sp³-hybridized carbons (Fsp3) is 0.182. The summed E-state index contributed by atoms with van der Waals surface area (Å²) >= 11 is 0. The van der Waals surface area contributed by atoms with Crippen molar-refractivity contribution in [3.8, 4) is 0 Å². The van der Waals surface area contributed by atoms with Crippen LogP contribution in [0.15, 0.2) is 24.3 Å². The molecule has 17 heavy (non-hydrogen) atoms. The van der Waals surface area contributed by atoms with Gasteiger partial charge in [0.1, 0.15) is 17.5 Å². The van der Waals surface area contributed by atoms with Crippen molar-refractivity contribution in [2.24, 2.45) is 0 Å². The maximum absolute atomic E-state index is 13.5. The van der Waals surface area contributed by atoms with Crippen LogP contribution in [-0.2, 0) is 6.54 Å². The van der Waals surface area contributed by atoms with Crippen molar-refractivity contribution in [3.05, 3.63) is 41.6 Å². The highest BCUT2D eigenvalue weighted by atomic mass is 19.1. The van der Waals surface area contributed by atoms with Crippen molar-refractivity contribution >= 4 is 11.5 Å². The van der Waals surface area contributed by atoms with Crippen molar-refractivity contribution in [2.75, 3.05) is 17.7 Å². The first-order chi connectivity index (χ1) is 8.06. The molecule has 3 N–H and O–H groups in total. The number of nitrogen functional groups attached to an aromatic ring is 1. The number of aromatic amines is 1. The predicted molar refractivity (Wildman–Crippen MR) is 61.5 cm³/mol. The van der Waals surface area contributed by atoms with Crippen LogP contribution in [0.5, 0.6) is 0 Å². The summed E-state index contributed by atoms with van der Waals surface area (Å²) in [4.78, 5) is 1.57. The van der Waals surface area contributed by atoms with Crippen LogP contribution in [0.1, 0.15) is 5.69 Å². The number of nitrogens with one attached hydrogen (secondary N) is 1. The molecule has 0 saturated carbocycles. The van der Waals surface area contributed by atoms with Gasteiger partial charge in [0.2, 0.25) is 0 Å². The van der Waals surface area contributed by atoms with Crippen LogP contribution in [0.4, 0.5) is 20.3 Å². The number of rotatable bonds is 3. The SMILES string of the molecule is CN(Cc1cc(N)n[nH]1)c1cc(F)ccc1F. The van der Waals surface area contributed by atoms with Gasteiger partial charge in [0.15, 0.2) is 0 Å². The third-order valence-corrected chi connectivity index (χ3v) is 2.38. The normalized spacial score (nSPS) is 10.5. The second-order valence-electron chi connectivity index (χ2n) is 3.77. The van der Waals surface area contributed by atoms with Gasteiger partial charge in [-0.25, -0.2) is 8.78 Å². The summed E-state index contributed by atoms with van der Waals surface area (Å²) in [6.07, 6.45) is 0. The van der Waals surface area contributed by atoms with E-state index in [1.54, 1.807) is 18.0 Å². The van der Waals surface area contributed by atoms with E-state index in [2.05, 4.69) is 10.2 Å². The highest BCUT2D eigenvalue weighted by molar-refractivity contribution is 5.47. The Kier molecular flexibility index (Phi) is 2.95. The molecular formula is C11H12F2N4. The van der Waals surface area contributed by atoms with E-state index in [1.807, 2.05) is 0 Å². The standard InChI is InChI=1S/C11H12F2N4/c1-17(6-8-5-11(14)16-15-8)10-4-7(12)2-3-9(10)13/h2-5H,6H2,1H3,(H3,14,15,16). The maximum atomic E-state index is 13.5. The van der Waals surface area contributed by atoms with Gasteiger partial charge in [-0.15, -0.1) is 0 Å². The molecule has 0 spiro atoms. The molecule has 1 aromatic carbocycles. The van der Waals surface area contributed by atoms with Crippen LogP contribution >= 0.6 is 0 Å². The number of H-pyrrole nitrogens is 1. The molecule has 2 rings (SSSR count). The summed E-state index contributed by atoms with van der Waals surface area (Å²) in [5, 5.41) is 6.47. The number of aromatic nitrogens is 2. The van der Waals surface area contributed by atoms with Crippen molar-refractivity contribution in [3.63, 3.8) is 0 Å². The summed E-state index contributed by atoms with van der Waals surface area (Å²) in [6, 6.07) is 4.98. The van der Waals surface area contributed by atoms with E-state index in [-0.39, 0.29) is 5.69 Å². The fourth-order valence-corrected chi connectivity index (χ4v) is 1.58. The Labute approximate surface area is 97.0 Å². The number of hydrogen-bond acceptors (Lipinski definition) is 3. The highest BCUT2D eigenvalue weighted by Crippen LogP contribution is 2.20. The predicted octanol–water partition coefficient (Wildman–Crippen LogP) is 1.91. The zero-order chi connectivity index (χ0) is 12.4. The van der Waals surface area contributed by atoms with Gasteiger partial charge in [0, 0.05) is 19.2 Å². The van der Waals surface area contributed by atoms with Crippen molar-refractivity contribution in [2.45, 2.75) is 6.54 Å². The molecular weight excluding hydrogens is 226 g/mol. The Morgan fingerprint density at radius 1 is 1.35 bits per heavy atom. The van der Waals surface area contributed by atoms with E-state index in [1.165, 1.54) is 0 Å². The smallest absolute Gasteiger partial charge is 0.146 e. The lowest BCUT2D eigenvalue weighted by atomic mass is 10.2. The van der Waals surface area contributed by atoms with Gasteiger partial charge in [-0.05, 0) is 12.1 Å². The number of nitrogens with two attached hydrogens (primary N) is 1. The average molecular weight is 238 g/mol. The summed E-state index contributed by atoms with van der Waals surface area (Å²) in [5.41, 5.74) is 6.38. The molecule has 4 nitrogen and oxygen atoms in total. The van der Waals surface area contributed by atoms with Crippen LogP contribution in [0, 0.1) is 11.6 Å². The van der Waals surface area contributed by atoms with Crippen molar-refractivity contribution in [1.82, 2.24) is 10.2 Å². The third kappa shape index (κ3) is 2.52. The van der Waals surface area contributed by atoms with Gasteiger partial charge in [0.05, 0.1) is 17.9 Å². The largest absolute Gasteiger partial charge is 0.382 e. The lowest BCUT2D eigenvalue weighted by Gasteiger charge is -2.18. The molecule has 0 saturated heterocycles. The number of anilines is 2. The maximum Gasteiger partial charge on any atom is 0.146 e. The minimum absolute atomic E-state index is 0.193. The first-order valence-electron chi connectivity index (χ1n) is 5.02. The first kappa shape index (κ1) is 11.4. The molecule has 0 amide bonds. The molecule has 0 unspecified atom stereocenters. The van der Waals surface area contributed by atoms with Crippen molar-refractivity contribution < 1.29 is 8.78 Å². The molecule has 90 valence electrons. The monoisotopic (exact) mass is 238 g/mol. The molecule has 0 fully saturated rings. The number of benzene rings is 1. The Bertz CT molecular complexity index is 524. The molecule has 0 radical (unpaired) electrons. The summed E-state index contributed by atoms with van der Waals surface area (Å²) in [5.74, 6) is -0.577. The molecule has 0 bridgehead atoms. The third-order valence-electron chi connectivity index (χ3n) is 2.38. The minimum atomic E-state index is -0.475. The van der Waals surface area contributed by atoms with E-state index in [9.17, 15) is 8.78 Å². The Hall–Kier alpha value is -2.11. The van der Waals surface area contributed by atoms with E-state index in [0.717, 1.165) is 23.9 Å². The molecule has 1 heterocycles. The van der Waals surface area contributed by atoms with Crippen molar-refractivity contribution in [1.29, 1.82) is 0 Å². The zero-order valence-electron chi connectivity index (χ0n) is 9.24. The Morgan fingerprint density at radius 3 is 2.76 bits per heavy atom. The summed E-state index contributed by atoms with van der Waals surface area (Å²) in [7, 11) is 1.66. The van der Waals surface area contributed by atoms with Gasteiger partial charge in [0.25, 0.3) is 0 Å². The fourth-order valence-electron chi connectivity index (χ4n) is 1.58. The van der Waals surface area contributed by atoms with Crippen LogP contribution < -0.4 is 10.6 Å². The van der Waals surface area contributed by atoms with Crippen LogP contribution in [0.3, 0.4) is 0 Å². The van der Waals surface area contributed by atoms with Gasteiger partial charge in [-0.3, -0.25) is 5.10 Å². The number of hydrogen-bond donors (Lipinski definition) is 2. The number of halogens is 2. The van der Waals surface area contributed by atoms with E-state index < -0.39 is 11.6 Å². The van der Waals surface area contributed by atoms with E-state index >= 15 is 0 Å². The second kappa shape index (κ2) is 4.40. The van der Waals surface area contributed by atoms with Crippen LogP contribution in [0.25, 0.3) is 0 Å². The van der Waals surface area contributed by atoms with Crippen LogP contribution in [0.2, 0.25) is 0 Å². The van der Waals surface area contributed by atoms with Crippen LogP contribution in [-0.4, -0.2) is 17.2 Å². The van der Waals surface area contributed by atoms with Gasteiger partial charge < -0.3 is 10.6 Å². The Morgan fingerprint density at radius 2 is 2.12 bits per heavy atom. The average Bonchev–Trinajstić information content (AvgIpc) is 2.67. The lowest BCUT2D eigenvalue weighted by Crippen LogP contribution is -2.18. The highest BCUT2D eigenvalue weighted by Gasteiger charge is 2.10. The summed E-state index contributed by atoms with van der Waals surface area (Å²) < 4.78 is 26.5. The molecule has 0 atom stereocenters. The minimum Gasteiger partial charge on any atom is -0.382 e. The topological polar surface area (TPSA) is 57.9 Å². The lowest BCUT2D eigenvalue weighted by molar-refractivity contribution is 0.596. The van der Waals surface area contributed by atoms with Gasteiger partial charge >= 0.3 is 0 Å². The van der Waals surface area contributed by atoms with Gasteiger partial charge in [-0.1, -0.05) is 0 Å². The van der Waals surface area contributed by atoms with E-state index in [0.29, 0.717) is 12.4 Å². The summed E-state index contributed by atoms with van der Waals surface area (Å²) in [6.45, 7) is 0.366. The Balaban J connectivity index is 2.19. The number of nitrogens with zero attached hydrogens (tertiary/aromatic N) is 2. The molecule has 1 aromatic heterocycles. The molecule has 2 aromatic rings. The van der Waals surface area contributed by atoms with Gasteiger partial charge in [-0.2, -0.15) is 5.10 Å². The second-order valence-corrected chi connectivity index (χ2v) is 3.77. The zero-order valence-corrected chi connectivity index (χ0v) is 9.24. The first-order valence-corrected chi connectivity index (χ1v) is 5.02. The quantitative estimate of drug-likeness (QED) is 0.858.